The predicted octanol–water partition coefficient (Wildman–Crippen LogP) is 1.78. The quantitative estimate of drug-likeness (QED) is 0.900. The van der Waals surface area contributed by atoms with E-state index in [0.717, 1.165) is 32.2 Å². The third kappa shape index (κ3) is 4.24. The number of rotatable bonds is 5. The molecule has 2 rings (SSSR count). The first kappa shape index (κ1) is 16.8. The predicted molar refractivity (Wildman–Crippen MR) is 81.5 cm³/mol. The number of hydrogen-bond acceptors (Lipinski definition) is 3. The van der Waals surface area contributed by atoms with Gasteiger partial charge in [0.2, 0.25) is 5.91 Å². The minimum atomic E-state index is -0.840. The monoisotopic (exact) mass is 311 g/mol. The maximum Gasteiger partial charge on any atom is 0.223 e. The van der Waals surface area contributed by atoms with Crippen LogP contribution in [0.5, 0.6) is 0 Å². The fraction of sp³-hybridized carbons (Fsp3) is 0.562. The summed E-state index contributed by atoms with van der Waals surface area (Å²) in [5.74, 6) is -1.53. The van der Waals surface area contributed by atoms with E-state index in [2.05, 4.69) is 5.32 Å². The Balaban J connectivity index is 1.86. The maximum absolute atomic E-state index is 13.3. The Morgan fingerprint density at radius 1 is 1.32 bits per heavy atom. The van der Waals surface area contributed by atoms with E-state index < -0.39 is 11.6 Å². The topological polar surface area (TPSA) is 35.6 Å². The smallest absolute Gasteiger partial charge is 0.223 e. The van der Waals surface area contributed by atoms with Crippen molar-refractivity contribution in [3.05, 3.63) is 35.4 Å². The van der Waals surface area contributed by atoms with Gasteiger partial charge in [0, 0.05) is 45.2 Å². The van der Waals surface area contributed by atoms with Crippen molar-refractivity contribution < 1.29 is 13.6 Å². The Hall–Kier alpha value is -1.53. The number of piperazine rings is 1. The van der Waals surface area contributed by atoms with Gasteiger partial charge in [-0.25, -0.2) is 8.78 Å². The highest BCUT2D eigenvalue weighted by molar-refractivity contribution is 5.76. The third-order valence-electron chi connectivity index (χ3n) is 4.24. The lowest BCUT2D eigenvalue weighted by Gasteiger charge is -2.29. The molecule has 1 aliphatic heterocycles. The molecule has 0 aromatic heterocycles. The number of halogens is 2. The van der Waals surface area contributed by atoms with Crippen molar-refractivity contribution >= 4 is 5.91 Å². The van der Waals surface area contributed by atoms with E-state index in [4.69, 9.17) is 0 Å². The Bertz CT molecular complexity index is 518. The molecule has 0 aliphatic carbocycles. The van der Waals surface area contributed by atoms with E-state index >= 15 is 0 Å². The molecular formula is C16H23F2N3O. The molecule has 1 saturated heterocycles. The molecule has 1 aromatic carbocycles. The lowest BCUT2D eigenvalue weighted by Crippen LogP contribution is -2.47. The standard InChI is InChI=1S/C16H23F2N3O/c1-12(13-3-4-14(17)15(18)11-13)20(2)8-5-16(22)21-9-6-19-7-10-21/h3-4,11-12,19H,5-10H2,1-2H3. The molecule has 122 valence electrons. The van der Waals surface area contributed by atoms with E-state index in [0.29, 0.717) is 18.5 Å². The van der Waals surface area contributed by atoms with Crippen LogP contribution in [0.1, 0.15) is 24.9 Å². The largest absolute Gasteiger partial charge is 0.340 e. The van der Waals surface area contributed by atoms with Gasteiger partial charge in [0.25, 0.3) is 0 Å². The molecule has 1 atom stereocenters. The minimum Gasteiger partial charge on any atom is -0.340 e. The molecule has 1 heterocycles. The van der Waals surface area contributed by atoms with Crippen molar-refractivity contribution in [3.63, 3.8) is 0 Å². The first-order valence-electron chi connectivity index (χ1n) is 7.62. The van der Waals surface area contributed by atoms with Crippen molar-refractivity contribution in [1.29, 1.82) is 0 Å². The fourth-order valence-electron chi connectivity index (χ4n) is 2.56. The summed E-state index contributed by atoms with van der Waals surface area (Å²) in [5, 5.41) is 3.21. The minimum absolute atomic E-state index is 0.0778. The van der Waals surface area contributed by atoms with Crippen molar-refractivity contribution in [1.82, 2.24) is 15.1 Å². The van der Waals surface area contributed by atoms with E-state index in [1.807, 2.05) is 23.8 Å². The second-order valence-corrected chi connectivity index (χ2v) is 5.71. The van der Waals surface area contributed by atoms with E-state index in [1.54, 1.807) is 6.07 Å². The van der Waals surface area contributed by atoms with Gasteiger partial charge in [-0.15, -0.1) is 0 Å². The van der Waals surface area contributed by atoms with Crippen molar-refractivity contribution in [2.24, 2.45) is 0 Å². The van der Waals surface area contributed by atoms with Crippen LogP contribution in [0.15, 0.2) is 18.2 Å². The molecule has 1 fully saturated rings. The summed E-state index contributed by atoms with van der Waals surface area (Å²) >= 11 is 0. The highest BCUT2D eigenvalue weighted by Gasteiger charge is 2.19. The number of nitrogens with zero attached hydrogens (tertiary/aromatic N) is 2. The number of carbonyl (C=O) groups excluding carboxylic acids is 1. The number of benzene rings is 1. The molecule has 0 saturated carbocycles. The van der Waals surface area contributed by atoms with Gasteiger partial charge in [-0.3, -0.25) is 9.69 Å². The van der Waals surface area contributed by atoms with Crippen LogP contribution in [0.25, 0.3) is 0 Å². The molecule has 6 heteroatoms. The van der Waals surface area contributed by atoms with E-state index in [9.17, 15) is 13.6 Å². The first-order valence-corrected chi connectivity index (χ1v) is 7.62. The molecular weight excluding hydrogens is 288 g/mol. The second kappa shape index (κ2) is 7.65. The normalized spacial score (nSPS) is 16.9. The molecule has 0 bridgehead atoms. The van der Waals surface area contributed by atoms with Gasteiger partial charge >= 0.3 is 0 Å². The van der Waals surface area contributed by atoms with Crippen LogP contribution in [-0.4, -0.2) is 55.5 Å². The average molecular weight is 311 g/mol. The molecule has 4 nitrogen and oxygen atoms in total. The maximum atomic E-state index is 13.3. The van der Waals surface area contributed by atoms with Gasteiger partial charge < -0.3 is 10.2 Å². The molecule has 1 amide bonds. The van der Waals surface area contributed by atoms with Gasteiger partial charge in [0.15, 0.2) is 11.6 Å². The third-order valence-corrected chi connectivity index (χ3v) is 4.24. The van der Waals surface area contributed by atoms with Crippen LogP contribution < -0.4 is 5.32 Å². The molecule has 0 radical (unpaired) electrons. The Morgan fingerprint density at radius 3 is 2.64 bits per heavy atom. The van der Waals surface area contributed by atoms with Gasteiger partial charge in [-0.05, 0) is 31.7 Å². The SMILES string of the molecule is CC(c1ccc(F)c(F)c1)N(C)CCC(=O)N1CCNCC1. The number of amides is 1. The summed E-state index contributed by atoms with van der Waals surface area (Å²) in [6.07, 6.45) is 0.435. The fourth-order valence-corrected chi connectivity index (χ4v) is 2.56. The zero-order valence-corrected chi connectivity index (χ0v) is 13.1. The Morgan fingerprint density at radius 2 is 2.00 bits per heavy atom. The summed E-state index contributed by atoms with van der Waals surface area (Å²) in [6, 6.07) is 3.86. The molecule has 1 aromatic rings. The molecule has 22 heavy (non-hydrogen) atoms. The Kier molecular flexibility index (Phi) is 5.85. The Labute approximate surface area is 130 Å². The van der Waals surface area contributed by atoms with E-state index in [-0.39, 0.29) is 11.9 Å². The molecule has 1 aliphatic rings. The van der Waals surface area contributed by atoms with Crippen molar-refractivity contribution in [2.75, 3.05) is 39.8 Å². The number of carbonyl (C=O) groups is 1. The molecule has 1 unspecified atom stereocenters. The average Bonchev–Trinajstić information content (AvgIpc) is 2.55. The second-order valence-electron chi connectivity index (χ2n) is 5.71. The van der Waals surface area contributed by atoms with E-state index in [1.165, 1.54) is 6.07 Å². The number of nitrogens with one attached hydrogen (secondary N) is 1. The number of hydrogen-bond donors (Lipinski definition) is 1. The summed E-state index contributed by atoms with van der Waals surface area (Å²) in [7, 11) is 1.89. The summed E-state index contributed by atoms with van der Waals surface area (Å²) in [6.45, 7) is 5.69. The van der Waals surface area contributed by atoms with Gasteiger partial charge in [0.05, 0.1) is 0 Å². The van der Waals surface area contributed by atoms with Crippen LogP contribution in [0.2, 0.25) is 0 Å². The van der Waals surface area contributed by atoms with Gasteiger partial charge in [-0.2, -0.15) is 0 Å². The lowest BCUT2D eigenvalue weighted by atomic mass is 10.1. The van der Waals surface area contributed by atoms with Gasteiger partial charge in [0.1, 0.15) is 0 Å². The molecule has 1 N–H and O–H groups in total. The van der Waals surface area contributed by atoms with Crippen LogP contribution >= 0.6 is 0 Å². The van der Waals surface area contributed by atoms with Gasteiger partial charge in [-0.1, -0.05) is 6.07 Å². The van der Waals surface area contributed by atoms with Crippen LogP contribution in [-0.2, 0) is 4.79 Å². The van der Waals surface area contributed by atoms with Crippen LogP contribution in [0.3, 0.4) is 0 Å². The lowest BCUT2D eigenvalue weighted by molar-refractivity contribution is -0.132. The zero-order valence-electron chi connectivity index (χ0n) is 13.1. The van der Waals surface area contributed by atoms with Crippen molar-refractivity contribution in [3.8, 4) is 0 Å². The zero-order chi connectivity index (χ0) is 16.1. The summed E-state index contributed by atoms with van der Waals surface area (Å²) in [5.41, 5.74) is 0.705. The summed E-state index contributed by atoms with van der Waals surface area (Å²) in [4.78, 5) is 16.0. The highest BCUT2D eigenvalue weighted by atomic mass is 19.2. The molecule has 0 spiro atoms. The first-order chi connectivity index (χ1) is 10.5. The van der Waals surface area contributed by atoms with Crippen LogP contribution in [0, 0.1) is 11.6 Å². The highest BCUT2D eigenvalue weighted by Crippen LogP contribution is 2.21. The van der Waals surface area contributed by atoms with Crippen LogP contribution in [0.4, 0.5) is 8.78 Å². The van der Waals surface area contributed by atoms with Crippen molar-refractivity contribution in [2.45, 2.75) is 19.4 Å². The summed E-state index contributed by atoms with van der Waals surface area (Å²) < 4.78 is 26.3.